The average molecular weight is 232 g/mol. The summed E-state index contributed by atoms with van der Waals surface area (Å²) in [5.74, 6) is -0.116. The number of hydrogen-bond acceptors (Lipinski definition) is 2. The van der Waals surface area contributed by atoms with Gasteiger partial charge in [-0.15, -0.1) is 22.9 Å². The van der Waals surface area contributed by atoms with Gasteiger partial charge in [0.2, 0.25) is 5.91 Å². The van der Waals surface area contributed by atoms with Crippen LogP contribution in [0, 0.1) is 13.8 Å². The number of alkyl halides is 1. The van der Waals surface area contributed by atoms with Crippen LogP contribution in [0.4, 0.5) is 0 Å². The van der Waals surface area contributed by atoms with Crippen molar-refractivity contribution in [2.45, 2.75) is 26.1 Å². The van der Waals surface area contributed by atoms with E-state index in [4.69, 9.17) is 11.6 Å². The summed E-state index contributed by atoms with van der Waals surface area (Å²) in [6.07, 6.45) is 0. The molecule has 78 valence electrons. The van der Waals surface area contributed by atoms with E-state index in [0.717, 1.165) is 10.4 Å². The quantitative estimate of drug-likeness (QED) is 0.797. The molecular weight excluding hydrogens is 218 g/mol. The fourth-order valence-electron chi connectivity index (χ4n) is 1.31. The predicted molar refractivity (Wildman–Crippen MR) is 61.1 cm³/mol. The lowest BCUT2D eigenvalue weighted by Gasteiger charge is -2.08. The van der Waals surface area contributed by atoms with E-state index in [0.29, 0.717) is 6.54 Å². The van der Waals surface area contributed by atoms with Gasteiger partial charge in [-0.3, -0.25) is 4.79 Å². The third-order valence-corrected chi connectivity index (χ3v) is 3.35. The van der Waals surface area contributed by atoms with Crippen LogP contribution in [0.2, 0.25) is 0 Å². The van der Waals surface area contributed by atoms with E-state index in [-0.39, 0.29) is 5.91 Å². The highest BCUT2D eigenvalue weighted by Crippen LogP contribution is 2.30. The first-order valence-corrected chi connectivity index (χ1v) is 5.80. The fraction of sp³-hybridized carbons (Fsp3) is 0.500. The summed E-state index contributed by atoms with van der Waals surface area (Å²) in [5.41, 5.74) is 0.931. The van der Waals surface area contributed by atoms with Crippen LogP contribution in [-0.2, 0) is 4.79 Å². The average Bonchev–Trinajstić information content (AvgIpc) is 2.44. The van der Waals surface area contributed by atoms with E-state index in [2.05, 4.69) is 5.32 Å². The summed E-state index contributed by atoms with van der Waals surface area (Å²) in [6.45, 7) is 6.50. The largest absolute Gasteiger partial charge is 0.355 e. The molecule has 0 radical (unpaired) electrons. The Kier molecular flexibility index (Phi) is 3.96. The lowest BCUT2D eigenvalue weighted by Crippen LogP contribution is -2.26. The van der Waals surface area contributed by atoms with E-state index in [9.17, 15) is 4.79 Å². The number of aryl methyl sites for hydroxylation is 2. The van der Waals surface area contributed by atoms with Crippen LogP contribution in [0.5, 0.6) is 0 Å². The Bertz CT molecular complexity index is 335. The van der Waals surface area contributed by atoms with Crippen molar-refractivity contribution in [3.8, 4) is 0 Å². The van der Waals surface area contributed by atoms with E-state index in [1.54, 1.807) is 11.3 Å². The van der Waals surface area contributed by atoms with Gasteiger partial charge < -0.3 is 5.32 Å². The molecule has 0 spiro atoms. The molecule has 1 amide bonds. The summed E-state index contributed by atoms with van der Waals surface area (Å²) in [6, 6.07) is 1.98. The summed E-state index contributed by atoms with van der Waals surface area (Å²) in [4.78, 5) is 13.8. The Hall–Kier alpha value is -0.540. The number of nitrogens with one attached hydrogen (secondary N) is 1. The van der Waals surface area contributed by atoms with Crippen LogP contribution in [0.3, 0.4) is 0 Å². The highest BCUT2D eigenvalue weighted by atomic mass is 35.5. The zero-order chi connectivity index (χ0) is 10.7. The molecule has 14 heavy (non-hydrogen) atoms. The molecule has 0 aliphatic rings. The molecule has 1 heterocycles. The molecule has 0 saturated carbocycles. The molecule has 1 aromatic rings. The van der Waals surface area contributed by atoms with Crippen LogP contribution < -0.4 is 5.32 Å². The van der Waals surface area contributed by atoms with Gasteiger partial charge in [0.15, 0.2) is 0 Å². The molecule has 1 aromatic heterocycles. The molecule has 0 aliphatic heterocycles. The lowest BCUT2D eigenvalue weighted by molar-refractivity contribution is -0.120. The Balaban J connectivity index is 2.83. The van der Waals surface area contributed by atoms with Gasteiger partial charge in [-0.25, -0.2) is 0 Å². The van der Waals surface area contributed by atoms with E-state index >= 15 is 0 Å². The molecule has 2 nitrogen and oxygen atoms in total. The minimum Gasteiger partial charge on any atom is -0.355 e. The van der Waals surface area contributed by atoms with Crippen molar-refractivity contribution in [3.63, 3.8) is 0 Å². The van der Waals surface area contributed by atoms with Crippen molar-refractivity contribution in [2.24, 2.45) is 0 Å². The summed E-state index contributed by atoms with van der Waals surface area (Å²) in [7, 11) is 0. The van der Waals surface area contributed by atoms with Gasteiger partial charge in [-0.1, -0.05) is 0 Å². The first kappa shape index (κ1) is 11.5. The first-order chi connectivity index (χ1) is 6.56. The fourth-order valence-corrected chi connectivity index (χ4v) is 2.64. The number of halogens is 1. The maximum absolute atomic E-state index is 11.5. The topological polar surface area (TPSA) is 29.1 Å². The lowest BCUT2D eigenvalue weighted by atomic mass is 10.1. The third-order valence-electron chi connectivity index (χ3n) is 1.93. The highest BCUT2D eigenvalue weighted by molar-refractivity contribution is 7.12. The number of likely N-dealkylation sites (N-methyl/N-ethyl adjacent to an activating group) is 1. The zero-order valence-corrected chi connectivity index (χ0v) is 10.1. The standard InChI is InChI=1S/C10H14ClNOS/c1-4-12-10(13)9(11)8-5-6(2)14-7(8)3/h5,9H,4H2,1-3H3,(H,12,13). The maximum Gasteiger partial charge on any atom is 0.242 e. The number of amides is 1. The van der Waals surface area contributed by atoms with Crippen LogP contribution in [0.15, 0.2) is 6.07 Å². The molecule has 0 fully saturated rings. The second-order valence-corrected chi connectivity index (χ2v) is 5.02. The molecule has 0 saturated heterocycles. The van der Waals surface area contributed by atoms with E-state index < -0.39 is 5.38 Å². The Morgan fingerprint density at radius 1 is 1.64 bits per heavy atom. The van der Waals surface area contributed by atoms with Gasteiger partial charge in [0.05, 0.1) is 0 Å². The predicted octanol–water partition coefficient (Wildman–Crippen LogP) is 2.78. The maximum atomic E-state index is 11.5. The number of rotatable bonds is 3. The van der Waals surface area contributed by atoms with Crippen LogP contribution in [0.1, 0.15) is 27.6 Å². The molecular formula is C10H14ClNOS. The van der Waals surface area contributed by atoms with Crippen molar-refractivity contribution >= 4 is 28.8 Å². The van der Waals surface area contributed by atoms with Crippen molar-refractivity contribution in [1.29, 1.82) is 0 Å². The zero-order valence-electron chi connectivity index (χ0n) is 8.56. The molecule has 0 bridgehead atoms. The van der Waals surface area contributed by atoms with Gasteiger partial charge >= 0.3 is 0 Å². The first-order valence-electron chi connectivity index (χ1n) is 4.55. The van der Waals surface area contributed by atoms with Gasteiger partial charge in [0.25, 0.3) is 0 Å². The molecule has 0 aliphatic carbocycles. The number of hydrogen-bond donors (Lipinski definition) is 1. The number of carbonyl (C=O) groups excluding carboxylic acids is 1. The normalized spacial score (nSPS) is 12.6. The Morgan fingerprint density at radius 3 is 2.71 bits per heavy atom. The third kappa shape index (κ3) is 2.49. The van der Waals surface area contributed by atoms with Gasteiger partial charge in [0.1, 0.15) is 5.38 Å². The van der Waals surface area contributed by atoms with Crippen molar-refractivity contribution in [3.05, 3.63) is 21.4 Å². The summed E-state index contributed by atoms with van der Waals surface area (Å²) >= 11 is 7.72. The Morgan fingerprint density at radius 2 is 2.29 bits per heavy atom. The van der Waals surface area contributed by atoms with Crippen molar-refractivity contribution in [1.82, 2.24) is 5.32 Å². The highest BCUT2D eigenvalue weighted by Gasteiger charge is 2.20. The van der Waals surface area contributed by atoms with Crippen LogP contribution in [-0.4, -0.2) is 12.5 Å². The molecule has 1 atom stereocenters. The minimum absolute atomic E-state index is 0.116. The van der Waals surface area contributed by atoms with Crippen molar-refractivity contribution < 1.29 is 4.79 Å². The van der Waals surface area contributed by atoms with Crippen LogP contribution >= 0.6 is 22.9 Å². The van der Waals surface area contributed by atoms with E-state index in [1.165, 1.54) is 4.88 Å². The van der Waals surface area contributed by atoms with Crippen LogP contribution in [0.25, 0.3) is 0 Å². The van der Waals surface area contributed by atoms with Crippen molar-refractivity contribution in [2.75, 3.05) is 6.54 Å². The second kappa shape index (κ2) is 4.80. The minimum atomic E-state index is -0.556. The van der Waals surface area contributed by atoms with E-state index in [1.807, 2.05) is 26.8 Å². The smallest absolute Gasteiger partial charge is 0.242 e. The second-order valence-electron chi connectivity index (χ2n) is 3.13. The summed E-state index contributed by atoms with van der Waals surface area (Å²) in [5, 5.41) is 2.16. The van der Waals surface area contributed by atoms with Gasteiger partial charge in [0, 0.05) is 16.3 Å². The SMILES string of the molecule is CCNC(=O)C(Cl)c1cc(C)sc1C. The monoisotopic (exact) mass is 231 g/mol. The molecule has 0 aromatic carbocycles. The number of thiophene rings is 1. The molecule has 1 N–H and O–H groups in total. The Labute approximate surface area is 93.3 Å². The molecule has 4 heteroatoms. The molecule has 1 rings (SSSR count). The number of carbonyl (C=O) groups is 1. The van der Waals surface area contributed by atoms with Gasteiger partial charge in [-0.2, -0.15) is 0 Å². The molecule has 1 unspecified atom stereocenters. The van der Waals surface area contributed by atoms with Gasteiger partial charge in [-0.05, 0) is 32.4 Å². The summed E-state index contributed by atoms with van der Waals surface area (Å²) < 4.78 is 0.